The van der Waals surface area contributed by atoms with Crippen LogP contribution in [0.15, 0.2) is 89.0 Å². The van der Waals surface area contributed by atoms with E-state index in [1.165, 1.54) is 53.6 Å². The van der Waals surface area contributed by atoms with Crippen LogP contribution in [-0.4, -0.2) is 62.3 Å². The van der Waals surface area contributed by atoms with Crippen molar-refractivity contribution in [1.29, 1.82) is 0 Å². The molecule has 5 aromatic rings. The Bertz CT molecular complexity index is 1880. The smallest absolute Gasteiger partial charge is 0.416 e. The van der Waals surface area contributed by atoms with E-state index in [0.717, 1.165) is 4.68 Å². The largest absolute Gasteiger partial charge is 0.427 e. The lowest BCUT2D eigenvalue weighted by Gasteiger charge is -2.15. The summed E-state index contributed by atoms with van der Waals surface area (Å²) in [5, 5.41) is 28.4. The molecule has 0 fully saturated rings. The first-order chi connectivity index (χ1) is 20.0. The number of aliphatic hydroxyl groups excluding tert-OH is 1. The van der Waals surface area contributed by atoms with E-state index in [1.54, 1.807) is 30.3 Å². The first-order valence-corrected chi connectivity index (χ1v) is 12.5. The molecule has 0 aliphatic carbocycles. The number of carbonyl (C=O) groups is 1. The summed E-state index contributed by atoms with van der Waals surface area (Å²) in [5.74, 6) is -0.752. The predicted molar refractivity (Wildman–Crippen MR) is 141 cm³/mol. The van der Waals surface area contributed by atoms with E-state index >= 15 is 0 Å². The van der Waals surface area contributed by atoms with Crippen molar-refractivity contribution in [2.75, 3.05) is 0 Å². The number of aliphatic hydroxyl groups is 1. The molecule has 1 atom stereocenters. The zero-order valence-corrected chi connectivity index (χ0v) is 22.1. The van der Waals surface area contributed by atoms with Crippen LogP contribution < -0.4 is 11.2 Å². The predicted octanol–water partition coefficient (Wildman–Crippen LogP) is 2.70. The number of rotatable bonds is 7. The molecule has 12 nitrogen and oxygen atoms in total. The number of para-hydroxylation sites is 1. The molecular formula is C26H20ClF3N8O4. The highest BCUT2D eigenvalue weighted by atomic mass is 35.5. The van der Waals surface area contributed by atoms with E-state index < -0.39 is 30.4 Å². The van der Waals surface area contributed by atoms with Crippen molar-refractivity contribution in [2.24, 2.45) is 4.99 Å². The van der Waals surface area contributed by atoms with Gasteiger partial charge in [0.1, 0.15) is 12.9 Å². The van der Waals surface area contributed by atoms with Crippen LogP contribution in [0.2, 0.25) is 5.02 Å². The van der Waals surface area contributed by atoms with Crippen molar-refractivity contribution < 1.29 is 28.3 Å². The van der Waals surface area contributed by atoms with Crippen LogP contribution in [0.1, 0.15) is 16.2 Å². The molecule has 0 spiro atoms. The van der Waals surface area contributed by atoms with Gasteiger partial charge in [-0.15, -0.1) is 10.2 Å². The van der Waals surface area contributed by atoms with Gasteiger partial charge in [0.2, 0.25) is 0 Å². The quantitative estimate of drug-likeness (QED) is 0.273. The third-order valence-corrected chi connectivity index (χ3v) is 6.26. The summed E-state index contributed by atoms with van der Waals surface area (Å²) in [7, 11) is 0. The molecular weight excluding hydrogens is 581 g/mol. The molecule has 42 heavy (non-hydrogen) atoms. The highest BCUT2D eigenvalue weighted by molar-refractivity contribution is 6.30. The summed E-state index contributed by atoms with van der Waals surface area (Å²) in [6, 6.07) is 16.9. The number of halogens is 4. The summed E-state index contributed by atoms with van der Waals surface area (Å²) in [4.78, 5) is 34.2. The van der Waals surface area contributed by atoms with Crippen LogP contribution >= 0.6 is 11.6 Å². The van der Waals surface area contributed by atoms with Crippen LogP contribution in [-0.2, 0) is 13.1 Å². The van der Waals surface area contributed by atoms with Crippen LogP contribution in [0.25, 0.3) is 17.1 Å². The summed E-state index contributed by atoms with van der Waals surface area (Å²) in [5.41, 5.74) is -0.224. The number of alkyl halides is 3. The Labute approximate surface area is 238 Å². The van der Waals surface area contributed by atoms with E-state index in [9.17, 15) is 33.1 Å². The topological polar surface area (TPSA) is 145 Å². The molecule has 3 heterocycles. The molecule has 0 aliphatic rings. The van der Waals surface area contributed by atoms with Gasteiger partial charge in [-0.3, -0.25) is 9.36 Å². The summed E-state index contributed by atoms with van der Waals surface area (Å²) in [6.07, 6.45) is -5.18. The number of nitrogens with zero attached hydrogens (tertiary/aromatic N) is 8. The third kappa shape index (κ3) is 6.01. The van der Waals surface area contributed by atoms with E-state index in [-0.39, 0.29) is 29.2 Å². The molecule has 2 N–H and O–H groups in total. The maximum Gasteiger partial charge on any atom is 0.416 e. The Hall–Kier alpha value is -5.02. The summed E-state index contributed by atoms with van der Waals surface area (Å²) < 4.78 is 42.9. The van der Waals surface area contributed by atoms with Gasteiger partial charge in [0, 0.05) is 16.8 Å². The Kier molecular flexibility index (Phi) is 7.78. The van der Waals surface area contributed by atoms with Crippen LogP contribution in [0.4, 0.5) is 13.2 Å². The molecule has 0 radical (unpaired) electrons. The molecule has 5 rings (SSSR count). The normalized spacial score (nSPS) is 12.9. The minimum Gasteiger partial charge on any atom is -0.427 e. The molecule has 0 bridgehead atoms. The molecule has 0 saturated carbocycles. The minimum atomic E-state index is -4.96. The number of amides is 1. The molecule has 0 aliphatic heterocycles. The van der Waals surface area contributed by atoms with Crippen molar-refractivity contribution in [1.82, 2.24) is 33.8 Å². The van der Waals surface area contributed by atoms with Gasteiger partial charge in [-0.25, -0.2) is 19.1 Å². The van der Waals surface area contributed by atoms with Crippen LogP contribution in [0, 0.1) is 0 Å². The molecule has 0 saturated heterocycles. The fourth-order valence-corrected chi connectivity index (χ4v) is 4.08. The monoisotopic (exact) mass is 600 g/mol. The molecule has 216 valence electrons. The number of hydrogen-bond donors (Lipinski definition) is 2. The van der Waals surface area contributed by atoms with Gasteiger partial charge >= 0.3 is 11.9 Å². The highest BCUT2D eigenvalue weighted by Gasteiger charge is 2.39. The SMILES string of the molecule is O=C(N=c1ccccn1O)c1ccccc1-n1cnc(Cn2nc(-c3ccc(Cl)cc3)n(C[C@H](O)C(F)(F)F)c2=O)n1. The van der Waals surface area contributed by atoms with Crippen molar-refractivity contribution in [3.8, 4) is 17.1 Å². The summed E-state index contributed by atoms with van der Waals surface area (Å²) in [6.45, 7) is -1.42. The second kappa shape index (κ2) is 11.5. The van der Waals surface area contributed by atoms with Crippen molar-refractivity contribution in [3.63, 3.8) is 0 Å². The molecule has 0 unspecified atom stereocenters. The number of hydrogen-bond acceptors (Lipinski definition) is 7. The Morgan fingerprint density at radius 2 is 1.74 bits per heavy atom. The first-order valence-electron chi connectivity index (χ1n) is 12.2. The second-order valence-corrected chi connectivity index (χ2v) is 9.32. The molecule has 2 aromatic carbocycles. The average molecular weight is 601 g/mol. The maximum absolute atomic E-state index is 13.1. The lowest BCUT2D eigenvalue weighted by Crippen LogP contribution is -2.37. The number of benzene rings is 2. The zero-order chi connectivity index (χ0) is 30.0. The van der Waals surface area contributed by atoms with Crippen molar-refractivity contribution in [2.45, 2.75) is 25.4 Å². The van der Waals surface area contributed by atoms with Gasteiger partial charge in [-0.05, 0) is 48.5 Å². The van der Waals surface area contributed by atoms with E-state index in [0.29, 0.717) is 25.6 Å². The fourth-order valence-electron chi connectivity index (χ4n) is 3.95. The zero-order valence-electron chi connectivity index (χ0n) is 21.3. The number of pyridine rings is 1. The number of aromatic nitrogens is 7. The van der Waals surface area contributed by atoms with Crippen LogP contribution in [0.5, 0.6) is 0 Å². The van der Waals surface area contributed by atoms with Crippen molar-refractivity contribution >= 4 is 17.5 Å². The third-order valence-electron chi connectivity index (χ3n) is 6.00. The van der Waals surface area contributed by atoms with E-state index in [1.807, 2.05) is 0 Å². The van der Waals surface area contributed by atoms with Crippen molar-refractivity contribution in [3.05, 3.63) is 112 Å². The second-order valence-electron chi connectivity index (χ2n) is 8.88. The van der Waals surface area contributed by atoms with Gasteiger partial charge in [-0.1, -0.05) is 29.8 Å². The Morgan fingerprint density at radius 1 is 1.02 bits per heavy atom. The van der Waals surface area contributed by atoms with Gasteiger partial charge in [0.15, 0.2) is 23.2 Å². The summed E-state index contributed by atoms with van der Waals surface area (Å²) >= 11 is 5.92. The molecule has 1 amide bonds. The van der Waals surface area contributed by atoms with Gasteiger partial charge in [-0.2, -0.15) is 22.9 Å². The lowest BCUT2D eigenvalue weighted by atomic mass is 10.1. The molecule has 16 heteroatoms. The fraction of sp³-hybridized carbons (Fsp3) is 0.154. The Morgan fingerprint density at radius 3 is 2.45 bits per heavy atom. The van der Waals surface area contributed by atoms with E-state index in [2.05, 4.69) is 20.2 Å². The highest BCUT2D eigenvalue weighted by Crippen LogP contribution is 2.24. The van der Waals surface area contributed by atoms with Gasteiger partial charge in [0.25, 0.3) is 5.91 Å². The number of carbonyl (C=O) groups excluding carboxylic acids is 1. The standard InChI is InChI=1S/C26H20ClF3N8O4/c27-17-10-8-16(9-11-17)23-34-36(25(41)35(23)13-20(39)26(28,29)30)14-21-31-15-37(33-21)19-6-2-1-5-18(19)24(40)32-22-7-3-4-12-38(22)42/h1-12,15,20,39,42H,13-14H2/t20-/m0/s1. The lowest BCUT2D eigenvalue weighted by molar-refractivity contribution is -0.207. The first kappa shape index (κ1) is 28.5. The van der Waals surface area contributed by atoms with E-state index in [4.69, 9.17) is 11.6 Å². The minimum absolute atomic E-state index is 0.00123. The Balaban J connectivity index is 1.48. The van der Waals surface area contributed by atoms with Gasteiger partial charge in [0.05, 0.1) is 17.8 Å². The van der Waals surface area contributed by atoms with Gasteiger partial charge < -0.3 is 10.3 Å². The van der Waals surface area contributed by atoms with Crippen LogP contribution in [0.3, 0.4) is 0 Å². The average Bonchev–Trinajstić information content (AvgIpc) is 3.55. The molecule has 3 aromatic heterocycles. The maximum atomic E-state index is 13.1.